The van der Waals surface area contributed by atoms with Gasteiger partial charge in [-0.2, -0.15) is 0 Å². The molecule has 37 heavy (non-hydrogen) atoms. The van der Waals surface area contributed by atoms with Crippen molar-refractivity contribution in [3.63, 3.8) is 0 Å². The first-order chi connectivity index (χ1) is 17.9. The molecule has 0 spiro atoms. The molecule has 0 atom stereocenters. The highest BCUT2D eigenvalue weighted by Crippen LogP contribution is 2.35. The summed E-state index contributed by atoms with van der Waals surface area (Å²) in [7, 11) is -4.27. The summed E-state index contributed by atoms with van der Waals surface area (Å²) in [4.78, 5) is 17.2. The van der Waals surface area contributed by atoms with Gasteiger partial charge in [-0.1, -0.05) is 173 Å². The highest BCUT2D eigenvalue weighted by molar-refractivity contribution is 8.11. The van der Waals surface area contributed by atoms with Gasteiger partial charge in [0.05, 0.1) is 6.61 Å². The minimum Gasteiger partial charge on any atom is -0.303 e. The van der Waals surface area contributed by atoms with Crippen molar-refractivity contribution in [1.82, 2.24) is 0 Å². The van der Waals surface area contributed by atoms with Gasteiger partial charge < -0.3 is 9.79 Å². The van der Waals surface area contributed by atoms with Crippen molar-refractivity contribution in [2.24, 2.45) is 0 Å². The molecule has 0 aromatic rings. The molecular weight excluding hydrogens is 519 g/mol. The number of unbranched alkanes of at least 4 members (excludes halogenated alkanes) is 26. The van der Waals surface area contributed by atoms with E-state index < -0.39 is 7.82 Å². The van der Waals surface area contributed by atoms with Crippen LogP contribution in [0.1, 0.15) is 180 Å². The molecule has 0 aromatic heterocycles. The van der Waals surface area contributed by atoms with Gasteiger partial charge in [0.15, 0.2) is 0 Å². The first kappa shape index (κ1) is 37.6. The van der Waals surface area contributed by atoms with Crippen molar-refractivity contribution >= 4 is 36.9 Å². The molecule has 0 bridgehead atoms. The molecular formula is C30H61O4PS2. The Morgan fingerprint density at radius 2 is 0.703 bits per heavy atom. The molecule has 0 fully saturated rings. The van der Waals surface area contributed by atoms with E-state index in [0.29, 0.717) is 0 Å². The van der Waals surface area contributed by atoms with Crippen molar-refractivity contribution in [2.45, 2.75) is 180 Å². The molecule has 0 aliphatic carbocycles. The maximum absolute atomic E-state index is 10.6. The predicted octanol–water partition coefficient (Wildman–Crippen LogP) is 11.3. The second kappa shape index (κ2) is 29.5. The number of rotatable bonds is 31. The first-order valence-corrected chi connectivity index (χ1v) is 18.2. The van der Waals surface area contributed by atoms with E-state index in [4.69, 9.17) is 22.0 Å². The average molecular weight is 581 g/mol. The third-order valence-electron chi connectivity index (χ3n) is 7.29. The van der Waals surface area contributed by atoms with Gasteiger partial charge in [0.1, 0.15) is 0 Å². The summed E-state index contributed by atoms with van der Waals surface area (Å²) >= 11 is 9.18. The fourth-order valence-electron chi connectivity index (χ4n) is 4.98. The van der Waals surface area contributed by atoms with Gasteiger partial charge >= 0.3 is 7.82 Å². The first-order valence-electron chi connectivity index (χ1n) is 15.8. The van der Waals surface area contributed by atoms with Crippen LogP contribution in [0.4, 0.5) is 0 Å². The monoisotopic (exact) mass is 580 g/mol. The van der Waals surface area contributed by atoms with Crippen LogP contribution in [-0.2, 0) is 9.09 Å². The molecule has 0 aromatic carbocycles. The molecule has 4 nitrogen and oxygen atoms in total. The Bertz CT molecular complexity index is 528. The van der Waals surface area contributed by atoms with Crippen LogP contribution in [-0.4, -0.2) is 20.6 Å². The van der Waals surface area contributed by atoms with Crippen molar-refractivity contribution in [3.8, 4) is 0 Å². The minimum absolute atomic E-state index is 0.167. The van der Waals surface area contributed by atoms with Gasteiger partial charge in [-0.15, -0.1) is 12.6 Å². The van der Waals surface area contributed by atoms with Crippen LogP contribution in [0, 0.1) is 0 Å². The Kier molecular flexibility index (Phi) is 30.0. The second-order valence-corrected chi connectivity index (χ2v) is 13.6. The van der Waals surface area contributed by atoms with Crippen molar-refractivity contribution in [1.29, 1.82) is 0 Å². The standard InChI is InChI=1S/C30H61O4PS2/c31-35(32,33)34-29-27-25-23-21-19-17-15-13-11-9-7-5-3-1-2-4-6-8-10-12-14-16-18-20-22-24-26-28-30(36)37/h1-29H2,(H,36,37)(H2,31,32,33). The normalized spacial score (nSPS) is 11.9. The fourth-order valence-corrected chi connectivity index (χ4v) is 5.65. The Morgan fingerprint density at radius 3 is 0.919 bits per heavy atom. The van der Waals surface area contributed by atoms with Crippen LogP contribution in [0.3, 0.4) is 0 Å². The molecule has 2 N–H and O–H groups in total. The van der Waals surface area contributed by atoms with Gasteiger partial charge in [0.2, 0.25) is 0 Å². The van der Waals surface area contributed by atoms with Gasteiger partial charge in [-0.05, 0) is 19.3 Å². The quantitative estimate of drug-likeness (QED) is 0.0329. The van der Waals surface area contributed by atoms with Crippen molar-refractivity contribution in [2.75, 3.05) is 6.61 Å². The molecule has 0 amide bonds. The Labute approximate surface area is 241 Å². The Balaban J connectivity index is 3.05. The lowest BCUT2D eigenvalue weighted by Gasteiger charge is -2.05. The number of thiol groups is 1. The third-order valence-corrected chi connectivity index (χ3v) is 8.24. The maximum Gasteiger partial charge on any atom is 0.469 e. The fraction of sp³-hybridized carbons (Fsp3) is 0.967. The number of hydrogen-bond acceptors (Lipinski definition) is 3. The molecule has 0 aliphatic rings. The van der Waals surface area contributed by atoms with E-state index >= 15 is 0 Å². The molecule has 0 unspecified atom stereocenters. The number of thiocarbonyl (C=S) groups is 1. The lowest BCUT2D eigenvalue weighted by Crippen LogP contribution is -1.92. The van der Waals surface area contributed by atoms with E-state index in [0.717, 1.165) is 29.9 Å². The lowest BCUT2D eigenvalue weighted by molar-refractivity contribution is 0.193. The molecule has 0 heterocycles. The summed E-state index contributed by atoms with van der Waals surface area (Å²) in [6.45, 7) is 0.167. The van der Waals surface area contributed by atoms with E-state index in [1.165, 1.54) is 154 Å². The molecule has 0 aliphatic heterocycles. The zero-order valence-electron chi connectivity index (χ0n) is 24.0. The van der Waals surface area contributed by atoms with Gasteiger partial charge in [-0.25, -0.2) is 4.57 Å². The van der Waals surface area contributed by atoms with Gasteiger partial charge in [0.25, 0.3) is 0 Å². The van der Waals surface area contributed by atoms with Crippen LogP contribution in [0.2, 0.25) is 0 Å². The number of hydrogen-bond donors (Lipinski definition) is 3. The largest absolute Gasteiger partial charge is 0.469 e. The number of phosphoric acid groups is 1. The molecule has 0 rings (SSSR count). The van der Waals surface area contributed by atoms with Crippen LogP contribution >= 0.6 is 32.7 Å². The van der Waals surface area contributed by atoms with E-state index in [1.54, 1.807) is 0 Å². The summed E-state index contributed by atoms with van der Waals surface area (Å²) < 4.78 is 15.9. The molecule has 0 radical (unpaired) electrons. The zero-order chi connectivity index (χ0) is 27.3. The zero-order valence-corrected chi connectivity index (χ0v) is 26.6. The maximum atomic E-state index is 10.6. The van der Waals surface area contributed by atoms with E-state index in [-0.39, 0.29) is 6.61 Å². The number of phosphoric ester groups is 1. The van der Waals surface area contributed by atoms with Crippen molar-refractivity contribution < 1.29 is 18.9 Å². The highest BCUT2D eigenvalue weighted by Gasteiger charge is 2.12. The molecule has 0 saturated carbocycles. The average Bonchev–Trinajstić information content (AvgIpc) is 2.84. The van der Waals surface area contributed by atoms with Crippen LogP contribution < -0.4 is 0 Å². The highest BCUT2D eigenvalue weighted by atomic mass is 32.1. The minimum atomic E-state index is -4.27. The topological polar surface area (TPSA) is 66.8 Å². The van der Waals surface area contributed by atoms with Crippen LogP contribution in [0.15, 0.2) is 0 Å². The smallest absolute Gasteiger partial charge is 0.303 e. The SMILES string of the molecule is O=P(O)(O)OCCCCCCCCCCCCCCCCCCCCCCCCCCCCCC(=S)S. The summed E-state index contributed by atoms with van der Waals surface area (Å²) in [6, 6.07) is 0. The second-order valence-electron chi connectivity index (χ2n) is 11.0. The van der Waals surface area contributed by atoms with Crippen LogP contribution in [0.5, 0.6) is 0 Å². The van der Waals surface area contributed by atoms with Crippen molar-refractivity contribution in [3.05, 3.63) is 0 Å². The molecule has 0 saturated heterocycles. The molecule has 222 valence electrons. The van der Waals surface area contributed by atoms with E-state index in [2.05, 4.69) is 17.2 Å². The lowest BCUT2D eigenvalue weighted by atomic mass is 10.0. The predicted molar refractivity (Wildman–Crippen MR) is 169 cm³/mol. The Hall–Kier alpha value is 0.550. The molecule has 7 heteroatoms. The third kappa shape index (κ3) is 36.5. The summed E-state index contributed by atoms with van der Waals surface area (Å²) in [6.07, 6.45) is 37.2. The Morgan fingerprint density at radius 1 is 0.486 bits per heavy atom. The summed E-state index contributed by atoms with van der Waals surface area (Å²) in [5, 5.41) is 0. The van der Waals surface area contributed by atoms with Crippen LogP contribution in [0.25, 0.3) is 0 Å². The van der Waals surface area contributed by atoms with Gasteiger partial charge in [-0.3, -0.25) is 4.52 Å². The van der Waals surface area contributed by atoms with E-state index in [1.807, 2.05) is 0 Å². The summed E-state index contributed by atoms with van der Waals surface area (Å²) in [5.41, 5.74) is 0. The van der Waals surface area contributed by atoms with Gasteiger partial charge in [0, 0.05) is 4.20 Å². The van der Waals surface area contributed by atoms with E-state index in [9.17, 15) is 4.57 Å². The summed E-state index contributed by atoms with van der Waals surface area (Å²) in [5.74, 6) is 0.